The molecule has 1 aliphatic heterocycles. The number of halogens is 3. The fraction of sp³-hybridized carbons (Fsp3) is 0.821. The predicted octanol–water partition coefficient (Wildman–Crippen LogP) is 7.54. The summed E-state index contributed by atoms with van der Waals surface area (Å²) in [5, 5.41) is 22.0. The Kier molecular flexibility index (Phi) is 11.8. The van der Waals surface area contributed by atoms with Crippen LogP contribution in [0, 0.1) is 17.3 Å². The van der Waals surface area contributed by atoms with E-state index in [1.54, 1.807) is 6.08 Å². The van der Waals surface area contributed by atoms with E-state index in [9.17, 15) is 28.2 Å². The van der Waals surface area contributed by atoms with Gasteiger partial charge in [-0.15, -0.1) is 0 Å². The number of hydrogen-bond acceptors (Lipinski definition) is 4. The second-order valence-corrected chi connectivity index (χ2v) is 10.7. The van der Waals surface area contributed by atoms with Crippen molar-refractivity contribution in [2.45, 2.75) is 122 Å². The van der Waals surface area contributed by atoms with Gasteiger partial charge in [-0.2, -0.15) is 13.2 Å². The van der Waals surface area contributed by atoms with Crippen molar-refractivity contribution in [3.8, 4) is 0 Å². The van der Waals surface area contributed by atoms with Gasteiger partial charge in [0.15, 0.2) is 11.9 Å². The van der Waals surface area contributed by atoms with Crippen LogP contribution >= 0.6 is 0 Å². The molecule has 0 bridgehead atoms. The SMILES string of the molecule is CCC=CC[C@@H](C(=CCC(C)(CCCC)C(F)(F)F)OC1CCCCO1)[C@@](O)(C(=O)O)C1CCCC1. The summed E-state index contributed by atoms with van der Waals surface area (Å²) in [4.78, 5) is 12.6. The molecular weight excluding hydrogens is 473 g/mol. The number of unbranched alkanes of at least 4 members (excludes halogenated alkanes) is 1. The van der Waals surface area contributed by atoms with Crippen molar-refractivity contribution >= 4 is 5.97 Å². The first kappa shape index (κ1) is 30.7. The number of carbonyl (C=O) groups is 1. The van der Waals surface area contributed by atoms with Crippen molar-refractivity contribution in [2.75, 3.05) is 6.61 Å². The lowest BCUT2D eigenvalue weighted by Crippen LogP contribution is -2.52. The van der Waals surface area contributed by atoms with E-state index in [4.69, 9.17) is 9.47 Å². The van der Waals surface area contributed by atoms with Gasteiger partial charge in [-0.05, 0) is 63.4 Å². The monoisotopic (exact) mass is 518 g/mol. The first-order chi connectivity index (χ1) is 17.0. The van der Waals surface area contributed by atoms with Crippen LogP contribution in [0.2, 0.25) is 0 Å². The Morgan fingerprint density at radius 1 is 1.11 bits per heavy atom. The maximum atomic E-state index is 14.1. The third-order valence-electron chi connectivity index (χ3n) is 7.89. The lowest BCUT2D eigenvalue weighted by Gasteiger charge is -2.39. The Hall–Kier alpha value is -1.54. The number of carboxylic acid groups (broad SMARTS) is 1. The average molecular weight is 519 g/mol. The van der Waals surface area contributed by atoms with Crippen molar-refractivity contribution in [3.63, 3.8) is 0 Å². The van der Waals surface area contributed by atoms with Crippen LogP contribution in [-0.2, 0) is 14.3 Å². The fourth-order valence-electron chi connectivity index (χ4n) is 5.37. The van der Waals surface area contributed by atoms with E-state index in [0.29, 0.717) is 38.7 Å². The molecule has 2 aliphatic rings. The van der Waals surface area contributed by atoms with E-state index in [-0.39, 0.29) is 25.0 Å². The van der Waals surface area contributed by atoms with Crippen molar-refractivity contribution in [1.29, 1.82) is 0 Å². The van der Waals surface area contributed by atoms with E-state index in [2.05, 4.69) is 0 Å². The van der Waals surface area contributed by atoms with Gasteiger partial charge in [0, 0.05) is 6.42 Å². The second kappa shape index (κ2) is 13.8. The van der Waals surface area contributed by atoms with Crippen molar-refractivity contribution in [3.05, 3.63) is 24.0 Å². The molecule has 1 aliphatic carbocycles. The summed E-state index contributed by atoms with van der Waals surface area (Å²) in [6.07, 6.45) is 6.53. The smallest absolute Gasteiger partial charge is 0.394 e. The summed E-state index contributed by atoms with van der Waals surface area (Å²) in [5.41, 5.74) is -4.13. The first-order valence-corrected chi connectivity index (χ1v) is 13.6. The number of rotatable bonds is 14. The van der Waals surface area contributed by atoms with Gasteiger partial charge in [0.05, 0.1) is 17.9 Å². The maximum absolute atomic E-state index is 14.1. The molecule has 1 saturated heterocycles. The van der Waals surface area contributed by atoms with Crippen LogP contribution in [0.4, 0.5) is 13.2 Å². The zero-order chi connectivity index (χ0) is 26.8. The summed E-state index contributed by atoms with van der Waals surface area (Å²) in [5.74, 6) is -2.77. The standard InChI is InChI=1S/C28H45F3O5/c1-4-6-8-15-22(27(34,25(32)33)21-13-9-10-14-21)23(36-24-16-11-12-20-35-24)17-19-26(3,18-7-5-2)28(29,30)31/h6,8,17,21-22,24,34H,4-5,7,9-16,18-20H2,1-3H3,(H,32,33)/t22-,24?,26?,27+/m0/s1. The van der Waals surface area contributed by atoms with Crippen LogP contribution in [0.5, 0.6) is 0 Å². The molecule has 2 rings (SSSR count). The molecule has 2 fully saturated rings. The largest absolute Gasteiger partial charge is 0.479 e. The van der Waals surface area contributed by atoms with E-state index >= 15 is 0 Å². The van der Waals surface area contributed by atoms with Gasteiger partial charge in [0.25, 0.3) is 0 Å². The topological polar surface area (TPSA) is 76.0 Å². The van der Waals surface area contributed by atoms with Gasteiger partial charge in [-0.3, -0.25) is 0 Å². The lowest BCUT2D eigenvalue weighted by atomic mass is 9.72. The summed E-state index contributed by atoms with van der Waals surface area (Å²) < 4.78 is 54.3. The van der Waals surface area contributed by atoms with Gasteiger partial charge in [-0.25, -0.2) is 4.79 Å². The summed E-state index contributed by atoms with van der Waals surface area (Å²) in [7, 11) is 0. The number of aliphatic carboxylic acids is 1. The van der Waals surface area contributed by atoms with Gasteiger partial charge in [0.1, 0.15) is 5.76 Å². The Morgan fingerprint density at radius 3 is 2.31 bits per heavy atom. The third kappa shape index (κ3) is 7.73. The van der Waals surface area contributed by atoms with Gasteiger partial charge < -0.3 is 19.7 Å². The highest BCUT2D eigenvalue weighted by Crippen LogP contribution is 2.47. The van der Waals surface area contributed by atoms with E-state index in [1.165, 1.54) is 13.0 Å². The molecule has 0 aromatic carbocycles. The van der Waals surface area contributed by atoms with Gasteiger partial charge in [-0.1, -0.05) is 58.6 Å². The van der Waals surface area contributed by atoms with Crippen LogP contribution in [0.25, 0.3) is 0 Å². The predicted molar refractivity (Wildman–Crippen MR) is 133 cm³/mol. The summed E-state index contributed by atoms with van der Waals surface area (Å²) in [6.45, 7) is 5.48. The Balaban J connectivity index is 2.55. The van der Waals surface area contributed by atoms with Crippen molar-refractivity contribution in [1.82, 2.24) is 0 Å². The number of carboxylic acids is 1. The molecule has 1 heterocycles. The van der Waals surface area contributed by atoms with E-state index < -0.39 is 41.3 Å². The lowest BCUT2D eigenvalue weighted by molar-refractivity contribution is -0.220. The summed E-state index contributed by atoms with van der Waals surface area (Å²) in [6, 6.07) is 0. The number of aliphatic hydroxyl groups is 1. The van der Waals surface area contributed by atoms with Gasteiger partial charge >= 0.3 is 12.1 Å². The molecule has 208 valence electrons. The molecule has 0 aromatic rings. The van der Waals surface area contributed by atoms with Crippen LogP contribution in [0.1, 0.15) is 104 Å². The zero-order valence-corrected chi connectivity index (χ0v) is 22.1. The molecule has 1 saturated carbocycles. The highest BCUT2D eigenvalue weighted by atomic mass is 19.4. The maximum Gasteiger partial charge on any atom is 0.394 e. The molecule has 4 atom stereocenters. The molecule has 5 nitrogen and oxygen atoms in total. The minimum Gasteiger partial charge on any atom is -0.479 e. The molecule has 2 unspecified atom stereocenters. The van der Waals surface area contributed by atoms with Crippen LogP contribution in [0.3, 0.4) is 0 Å². The van der Waals surface area contributed by atoms with E-state index in [0.717, 1.165) is 32.1 Å². The molecule has 8 heteroatoms. The summed E-state index contributed by atoms with van der Waals surface area (Å²) >= 11 is 0. The zero-order valence-electron chi connectivity index (χ0n) is 22.1. The Labute approximate surface area is 214 Å². The molecule has 0 aromatic heterocycles. The van der Waals surface area contributed by atoms with Crippen molar-refractivity contribution < 1.29 is 37.7 Å². The molecule has 2 N–H and O–H groups in total. The van der Waals surface area contributed by atoms with Crippen LogP contribution in [-0.4, -0.2) is 40.9 Å². The Bertz CT molecular complexity index is 738. The van der Waals surface area contributed by atoms with Crippen molar-refractivity contribution in [2.24, 2.45) is 17.3 Å². The minimum atomic E-state index is -4.43. The molecule has 0 amide bonds. The van der Waals surface area contributed by atoms with Crippen LogP contribution in [0.15, 0.2) is 24.0 Å². The second-order valence-electron chi connectivity index (χ2n) is 10.7. The number of hydrogen-bond donors (Lipinski definition) is 2. The molecule has 36 heavy (non-hydrogen) atoms. The minimum absolute atomic E-state index is 0.0388. The number of allylic oxidation sites excluding steroid dienone is 3. The first-order valence-electron chi connectivity index (χ1n) is 13.6. The quantitative estimate of drug-likeness (QED) is 0.183. The highest BCUT2D eigenvalue weighted by molar-refractivity contribution is 5.78. The molecule has 0 radical (unpaired) electrons. The van der Waals surface area contributed by atoms with E-state index in [1.807, 2.05) is 19.9 Å². The molecule has 0 spiro atoms. The third-order valence-corrected chi connectivity index (χ3v) is 7.89. The molecular formula is C28H45F3O5. The van der Waals surface area contributed by atoms with Gasteiger partial charge in [0.2, 0.25) is 0 Å². The number of ether oxygens (including phenoxy) is 2. The number of alkyl halides is 3. The highest BCUT2D eigenvalue weighted by Gasteiger charge is 2.54. The Morgan fingerprint density at radius 2 is 1.78 bits per heavy atom. The average Bonchev–Trinajstić information content (AvgIpc) is 3.38. The van der Waals surface area contributed by atoms with Crippen LogP contribution < -0.4 is 0 Å². The normalized spacial score (nSPS) is 24.4. The fourth-order valence-corrected chi connectivity index (χ4v) is 5.37.